The molecule has 2 unspecified atom stereocenters. The van der Waals surface area contributed by atoms with Crippen LogP contribution in [0.15, 0.2) is 0 Å². The van der Waals surface area contributed by atoms with Crippen molar-refractivity contribution in [3.63, 3.8) is 0 Å². The molecule has 6 atom stereocenters. The Hall–Kier alpha value is 0. The van der Waals surface area contributed by atoms with E-state index in [4.69, 9.17) is 0 Å². The molecule has 0 aromatic carbocycles. The third-order valence-electron chi connectivity index (χ3n) is 4.79. The summed E-state index contributed by atoms with van der Waals surface area (Å²) in [5.41, 5.74) is 0.938. The van der Waals surface area contributed by atoms with E-state index in [0.29, 0.717) is 0 Å². The Morgan fingerprint density at radius 1 is 1.22 bits per heavy atom. The maximum Gasteiger partial charge on any atom is -0.0227 e. The maximum atomic E-state index is 2.54. The van der Waals surface area contributed by atoms with E-state index in [1.165, 1.54) is 29.6 Å². The lowest BCUT2D eigenvalue weighted by molar-refractivity contribution is 0.205. The van der Waals surface area contributed by atoms with Gasteiger partial charge in [0.25, 0.3) is 0 Å². The molecule has 5 saturated carbocycles. The van der Waals surface area contributed by atoms with E-state index in [2.05, 4.69) is 6.92 Å². The third kappa shape index (κ3) is 0.222. The zero-order valence-electron chi connectivity index (χ0n) is 5.80. The summed E-state index contributed by atoms with van der Waals surface area (Å²) < 4.78 is 0. The summed E-state index contributed by atoms with van der Waals surface area (Å²) in [5, 5.41) is 0. The molecule has 0 nitrogen and oxygen atoms in total. The first kappa shape index (κ1) is 4.00. The van der Waals surface area contributed by atoms with Crippen LogP contribution in [0.1, 0.15) is 19.8 Å². The molecular formula is C9H12. The molecule has 0 amide bonds. The lowest BCUT2D eigenvalue weighted by Crippen LogP contribution is -2.22. The van der Waals surface area contributed by atoms with Gasteiger partial charge in [-0.05, 0) is 47.8 Å². The molecule has 0 heteroatoms. The van der Waals surface area contributed by atoms with Crippen LogP contribution in [-0.2, 0) is 0 Å². The first-order chi connectivity index (χ1) is 4.33. The van der Waals surface area contributed by atoms with Gasteiger partial charge in [-0.1, -0.05) is 6.92 Å². The highest BCUT2D eigenvalue weighted by atomic mass is 14.9. The number of rotatable bonds is 0. The zero-order chi connectivity index (χ0) is 5.80. The second-order valence-electron chi connectivity index (χ2n) is 4.92. The summed E-state index contributed by atoms with van der Waals surface area (Å²) in [4.78, 5) is 0. The monoisotopic (exact) mass is 120 g/mol. The molecule has 0 aliphatic heterocycles. The quantitative estimate of drug-likeness (QED) is 0.458. The van der Waals surface area contributed by atoms with Crippen LogP contribution in [0.4, 0.5) is 0 Å². The summed E-state index contributed by atoms with van der Waals surface area (Å²) in [6.45, 7) is 2.54. The maximum absolute atomic E-state index is 2.54. The molecule has 9 heavy (non-hydrogen) atoms. The predicted molar refractivity (Wildman–Crippen MR) is 34.8 cm³/mol. The van der Waals surface area contributed by atoms with Crippen molar-refractivity contribution in [2.24, 2.45) is 35.0 Å². The van der Waals surface area contributed by atoms with Crippen LogP contribution in [-0.4, -0.2) is 0 Å². The van der Waals surface area contributed by atoms with Crippen LogP contribution in [0.25, 0.3) is 0 Å². The molecule has 0 N–H and O–H groups in total. The van der Waals surface area contributed by atoms with E-state index in [-0.39, 0.29) is 0 Å². The Labute approximate surface area is 55.6 Å². The van der Waals surface area contributed by atoms with Crippen LogP contribution in [0.5, 0.6) is 0 Å². The van der Waals surface area contributed by atoms with Gasteiger partial charge < -0.3 is 0 Å². The molecule has 48 valence electrons. The topological polar surface area (TPSA) is 0 Å². The Kier molecular flexibility index (Phi) is 0.329. The molecule has 5 fully saturated rings. The first-order valence-corrected chi connectivity index (χ1v) is 4.33. The van der Waals surface area contributed by atoms with Gasteiger partial charge in [0.15, 0.2) is 0 Å². The summed E-state index contributed by atoms with van der Waals surface area (Å²) in [7, 11) is 0. The van der Waals surface area contributed by atoms with Gasteiger partial charge in [0.1, 0.15) is 0 Å². The summed E-state index contributed by atoms with van der Waals surface area (Å²) >= 11 is 0. The van der Waals surface area contributed by atoms with Gasteiger partial charge in [-0.3, -0.25) is 0 Å². The highest BCUT2D eigenvalue weighted by Crippen LogP contribution is 2.93. The van der Waals surface area contributed by atoms with Crippen molar-refractivity contribution in [2.45, 2.75) is 19.8 Å². The molecule has 5 aliphatic carbocycles. The highest BCUT2D eigenvalue weighted by molar-refractivity contribution is 5.35. The van der Waals surface area contributed by atoms with Crippen molar-refractivity contribution in [2.75, 3.05) is 0 Å². The molecule has 5 aliphatic rings. The number of hydrogen-bond acceptors (Lipinski definition) is 0. The van der Waals surface area contributed by atoms with Gasteiger partial charge in [-0.15, -0.1) is 0 Å². The van der Waals surface area contributed by atoms with E-state index in [1.54, 1.807) is 12.8 Å². The normalized spacial score (nSPS) is 87.0. The standard InChI is InChI=1S/C9H12/c1-9-6-3-4(6)2-5-7(9)8(5)9/h4-8H,2-3H2,1H3/t4-,5?,6+,7-,8+,9?/m0/s1. The van der Waals surface area contributed by atoms with Gasteiger partial charge in [-0.25, -0.2) is 0 Å². The average Bonchev–Trinajstić information content (AvgIpc) is 2.61. The van der Waals surface area contributed by atoms with Crippen molar-refractivity contribution < 1.29 is 0 Å². The second kappa shape index (κ2) is 0.741. The number of hydrogen-bond donors (Lipinski definition) is 0. The minimum atomic E-state index is 0.938. The molecule has 0 spiro atoms. The van der Waals surface area contributed by atoms with E-state index in [9.17, 15) is 0 Å². The smallest absolute Gasteiger partial charge is 0.0227 e. The molecule has 0 heterocycles. The SMILES string of the molecule is CC12[C@@H]3C[C@@H]3CC3[C@@H]1[C@H]32. The van der Waals surface area contributed by atoms with Gasteiger partial charge in [0.05, 0.1) is 0 Å². The van der Waals surface area contributed by atoms with E-state index in [1.807, 2.05) is 0 Å². The van der Waals surface area contributed by atoms with Crippen molar-refractivity contribution in [3.8, 4) is 0 Å². The van der Waals surface area contributed by atoms with E-state index in [0.717, 1.165) is 5.41 Å². The molecular weight excluding hydrogens is 108 g/mol. The highest BCUT2D eigenvalue weighted by Gasteiger charge is 2.88. The van der Waals surface area contributed by atoms with Crippen LogP contribution >= 0.6 is 0 Å². The fourth-order valence-electron chi connectivity index (χ4n) is 4.19. The van der Waals surface area contributed by atoms with Gasteiger partial charge in [-0.2, -0.15) is 0 Å². The van der Waals surface area contributed by atoms with Crippen LogP contribution in [0.3, 0.4) is 0 Å². The minimum Gasteiger partial charge on any atom is -0.0588 e. The Morgan fingerprint density at radius 2 is 2.00 bits per heavy atom. The molecule has 2 bridgehead atoms. The zero-order valence-corrected chi connectivity index (χ0v) is 5.80. The average molecular weight is 120 g/mol. The first-order valence-electron chi connectivity index (χ1n) is 4.33. The molecule has 0 aromatic rings. The predicted octanol–water partition coefficient (Wildman–Crippen LogP) is 1.91. The van der Waals surface area contributed by atoms with Crippen molar-refractivity contribution in [1.29, 1.82) is 0 Å². The fraction of sp³-hybridized carbons (Fsp3) is 1.00. The second-order valence-corrected chi connectivity index (χ2v) is 4.92. The Bertz CT molecular complexity index is 196. The molecule has 0 aromatic heterocycles. The fourth-order valence-corrected chi connectivity index (χ4v) is 4.19. The van der Waals surface area contributed by atoms with Gasteiger partial charge >= 0.3 is 0 Å². The summed E-state index contributed by atoms with van der Waals surface area (Å²) in [6.07, 6.45) is 3.25. The van der Waals surface area contributed by atoms with Crippen molar-refractivity contribution in [3.05, 3.63) is 0 Å². The molecule has 0 saturated heterocycles. The van der Waals surface area contributed by atoms with Crippen LogP contribution in [0, 0.1) is 35.0 Å². The van der Waals surface area contributed by atoms with Crippen LogP contribution < -0.4 is 0 Å². The summed E-state index contributed by atoms with van der Waals surface area (Å²) in [6, 6.07) is 0. The van der Waals surface area contributed by atoms with Crippen molar-refractivity contribution in [1.82, 2.24) is 0 Å². The van der Waals surface area contributed by atoms with E-state index < -0.39 is 0 Å². The van der Waals surface area contributed by atoms with Gasteiger partial charge in [0.2, 0.25) is 0 Å². The third-order valence-corrected chi connectivity index (χ3v) is 4.79. The Morgan fingerprint density at radius 3 is 2.67 bits per heavy atom. The lowest BCUT2D eigenvalue weighted by Gasteiger charge is -2.27. The molecule has 5 rings (SSSR count). The molecule has 0 radical (unpaired) electrons. The van der Waals surface area contributed by atoms with Crippen LogP contribution in [0.2, 0.25) is 0 Å². The largest absolute Gasteiger partial charge is 0.0588 e. The Balaban J connectivity index is 1.88. The van der Waals surface area contributed by atoms with E-state index >= 15 is 0 Å². The minimum absolute atomic E-state index is 0.938. The summed E-state index contributed by atoms with van der Waals surface area (Å²) in [5.74, 6) is 6.19. The lowest BCUT2D eigenvalue weighted by atomic mass is 9.77. The van der Waals surface area contributed by atoms with Crippen molar-refractivity contribution >= 4 is 0 Å². The van der Waals surface area contributed by atoms with Gasteiger partial charge in [0, 0.05) is 0 Å².